The summed E-state index contributed by atoms with van der Waals surface area (Å²) in [6.07, 6.45) is 3.55. The van der Waals surface area contributed by atoms with E-state index in [1.807, 2.05) is 42.1 Å². The molecular weight excluding hydrogens is 226 g/mol. The molecule has 0 saturated carbocycles. The van der Waals surface area contributed by atoms with Gasteiger partial charge in [-0.3, -0.25) is 4.98 Å². The van der Waals surface area contributed by atoms with Gasteiger partial charge in [-0.25, -0.2) is 4.68 Å². The summed E-state index contributed by atoms with van der Waals surface area (Å²) < 4.78 is 1.83. The Bertz CT molecular complexity index is 668. The number of aromatic nitrogens is 4. The molecule has 90 valence electrons. The number of pyridine rings is 1. The molecule has 3 rings (SSSR count). The maximum atomic E-state index is 4.43. The summed E-state index contributed by atoms with van der Waals surface area (Å²) in [5, 5.41) is 12.3. The van der Waals surface area contributed by atoms with E-state index in [2.05, 4.69) is 20.6 Å². The van der Waals surface area contributed by atoms with E-state index in [1.165, 1.54) is 0 Å². The average Bonchev–Trinajstić information content (AvgIpc) is 2.87. The minimum atomic E-state index is 0.718. The molecule has 0 spiro atoms. The van der Waals surface area contributed by atoms with Crippen LogP contribution in [0, 0.1) is 0 Å². The molecule has 5 heteroatoms. The first kappa shape index (κ1) is 10.9. The summed E-state index contributed by atoms with van der Waals surface area (Å²) in [4.78, 5) is 4.43. The largest absolute Gasteiger partial charge is 0.314 e. The van der Waals surface area contributed by atoms with Crippen LogP contribution in [0.15, 0.2) is 42.7 Å². The van der Waals surface area contributed by atoms with Gasteiger partial charge in [0.1, 0.15) is 0 Å². The van der Waals surface area contributed by atoms with E-state index in [1.54, 1.807) is 12.4 Å². The summed E-state index contributed by atoms with van der Waals surface area (Å²) in [6, 6.07) is 10.0. The first-order valence-corrected chi connectivity index (χ1v) is 5.78. The zero-order chi connectivity index (χ0) is 12.4. The normalized spacial score (nSPS) is 10.9. The Morgan fingerprint density at radius 1 is 1.22 bits per heavy atom. The second-order valence-electron chi connectivity index (χ2n) is 4.02. The van der Waals surface area contributed by atoms with Crippen molar-refractivity contribution in [2.45, 2.75) is 6.54 Å². The van der Waals surface area contributed by atoms with Gasteiger partial charge in [0.2, 0.25) is 0 Å². The monoisotopic (exact) mass is 239 g/mol. The maximum absolute atomic E-state index is 4.43. The van der Waals surface area contributed by atoms with Crippen molar-refractivity contribution in [1.29, 1.82) is 0 Å². The Kier molecular flexibility index (Phi) is 2.74. The number of fused-ring (bicyclic) bond motifs is 1. The minimum Gasteiger partial charge on any atom is -0.314 e. The maximum Gasteiger partial charge on any atom is 0.0959 e. The summed E-state index contributed by atoms with van der Waals surface area (Å²) in [5.74, 6) is 0. The third-order valence-corrected chi connectivity index (χ3v) is 2.82. The Hall–Kier alpha value is -2.27. The van der Waals surface area contributed by atoms with Crippen molar-refractivity contribution in [2.24, 2.45) is 0 Å². The number of para-hydroxylation sites is 1. The molecule has 18 heavy (non-hydrogen) atoms. The van der Waals surface area contributed by atoms with Crippen molar-refractivity contribution in [3.05, 3.63) is 48.4 Å². The number of benzene rings is 1. The van der Waals surface area contributed by atoms with Gasteiger partial charge in [0.15, 0.2) is 0 Å². The molecule has 3 aromatic rings. The van der Waals surface area contributed by atoms with E-state index in [9.17, 15) is 0 Å². The Balaban J connectivity index is 2.22. The predicted molar refractivity (Wildman–Crippen MR) is 69.4 cm³/mol. The Morgan fingerprint density at radius 2 is 2.11 bits per heavy atom. The number of nitrogens with zero attached hydrogens (tertiary/aromatic N) is 4. The third kappa shape index (κ3) is 1.74. The lowest BCUT2D eigenvalue weighted by Crippen LogP contribution is -2.11. The molecule has 0 aliphatic heterocycles. The van der Waals surface area contributed by atoms with Crippen LogP contribution in [0.3, 0.4) is 0 Å². The van der Waals surface area contributed by atoms with Gasteiger partial charge in [0.25, 0.3) is 0 Å². The zero-order valence-electron chi connectivity index (χ0n) is 10.0. The van der Waals surface area contributed by atoms with E-state index in [0.717, 1.165) is 28.8 Å². The molecule has 0 unspecified atom stereocenters. The van der Waals surface area contributed by atoms with Gasteiger partial charge >= 0.3 is 0 Å². The minimum absolute atomic E-state index is 0.718. The molecule has 0 aliphatic rings. The molecule has 2 aromatic heterocycles. The molecular formula is C13H13N5. The smallest absolute Gasteiger partial charge is 0.0959 e. The molecule has 0 amide bonds. The second-order valence-corrected chi connectivity index (χ2v) is 4.02. The van der Waals surface area contributed by atoms with Gasteiger partial charge in [-0.2, -0.15) is 0 Å². The fourth-order valence-corrected chi connectivity index (χ4v) is 2.02. The van der Waals surface area contributed by atoms with Gasteiger partial charge in [-0.1, -0.05) is 23.4 Å². The van der Waals surface area contributed by atoms with Crippen LogP contribution in [-0.4, -0.2) is 27.0 Å². The number of hydrogen-bond donors (Lipinski definition) is 1. The molecule has 1 aromatic carbocycles. The summed E-state index contributed by atoms with van der Waals surface area (Å²) in [7, 11) is 1.90. The van der Waals surface area contributed by atoms with Crippen LogP contribution in [0.5, 0.6) is 0 Å². The van der Waals surface area contributed by atoms with Gasteiger partial charge in [0.05, 0.1) is 23.1 Å². The summed E-state index contributed by atoms with van der Waals surface area (Å²) >= 11 is 0. The van der Waals surface area contributed by atoms with Crippen LogP contribution in [0.2, 0.25) is 0 Å². The van der Waals surface area contributed by atoms with Crippen LogP contribution in [0.1, 0.15) is 5.69 Å². The van der Waals surface area contributed by atoms with Crippen LogP contribution in [0.4, 0.5) is 0 Å². The summed E-state index contributed by atoms with van der Waals surface area (Å²) in [5.41, 5.74) is 2.90. The SMILES string of the molecule is CNCc1cnnn1-c1cccc2cccnc12. The van der Waals surface area contributed by atoms with Gasteiger partial charge in [0, 0.05) is 18.1 Å². The van der Waals surface area contributed by atoms with Crippen LogP contribution in [-0.2, 0) is 6.54 Å². The molecule has 0 atom stereocenters. The van der Waals surface area contributed by atoms with Crippen molar-refractivity contribution in [2.75, 3.05) is 7.05 Å². The Labute approximate surface area is 104 Å². The predicted octanol–water partition coefficient (Wildman–Crippen LogP) is 1.53. The number of nitrogens with one attached hydrogen (secondary N) is 1. The lowest BCUT2D eigenvalue weighted by atomic mass is 10.2. The van der Waals surface area contributed by atoms with Crippen molar-refractivity contribution in [1.82, 2.24) is 25.3 Å². The summed E-state index contributed by atoms with van der Waals surface area (Å²) in [6.45, 7) is 0.718. The lowest BCUT2D eigenvalue weighted by Gasteiger charge is -2.08. The van der Waals surface area contributed by atoms with Crippen LogP contribution in [0.25, 0.3) is 16.6 Å². The molecule has 5 nitrogen and oxygen atoms in total. The van der Waals surface area contributed by atoms with E-state index < -0.39 is 0 Å². The average molecular weight is 239 g/mol. The van der Waals surface area contributed by atoms with E-state index >= 15 is 0 Å². The van der Waals surface area contributed by atoms with Gasteiger partial charge in [-0.05, 0) is 19.2 Å². The quantitative estimate of drug-likeness (QED) is 0.753. The zero-order valence-corrected chi connectivity index (χ0v) is 10.0. The highest BCUT2D eigenvalue weighted by Crippen LogP contribution is 2.20. The molecule has 2 heterocycles. The number of rotatable bonds is 3. The van der Waals surface area contributed by atoms with E-state index in [4.69, 9.17) is 0 Å². The second kappa shape index (κ2) is 4.54. The highest BCUT2D eigenvalue weighted by atomic mass is 15.4. The molecule has 0 bridgehead atoms. The first-order chi connectivity index (χ1) is 8.90. The topological polar surface area (TPSA) is 55.6 Å². The fraction of sp³-hybridized carbons (Fsp3) is 0.154. The highest BCUT2D eigenvalue weighted by Gasteiger charge is 2.09. The third-order valence-electron chi connectivity index (χ3n) is 2.82. The van der Waals surface area contributed by atoms with Gasteiger partial charge < -0.3 is 5.32 Å². The lowest BCUT2D eigenvalue weighted by molar-refractivity contribution is 0.716. The molecule has 0 saturated heterocycles. The molecule has 0 radical (unpaired) electrons. The molecule has 0 aliphatic carbocycles. The fourth-order valence-electron chi connectivity index (χ4n) is 2.02. The van der Waals surface area contributed by atoms with Gasteiger partial charge in [-0.15, -0.1) is 5.10 Å². The molecule has 1 N–H and O–H groups in total. The first-order valence-electron chi connectivity index (χ1n) is 5.78. The van der Waals surface area contributed by atoms with Crippen molar-refractivity contribution < 1.29 is 0 Å². The van der Waals surface area contributed by atoms with Crippen LogP contribution >= 0.6 is 0 Å². The Morgan fingerprint density at radius 3 is 3.00 bits per heavy atom. The van der Waals surface area contributed by atoms with Crippen molar-refractivity contribution in [3.63, 3.8) is 0 Å². The van der Waals surface area contributed by atoms with Crippen molar-refractivity contribution >= 4 is 10.9 Å². The van der Waals surface area contributed by atoms with Crippen molar-refractivity contribution in [3.8, 4) is 5.69 Å². The number of hydrogen-bond acceptors (Lipinski definition) is 4. The van der Waals surface area contributed by atoms with E-state index in [-0.39, 0.29) is 0 Å². The van der Waals surface area contributed by atoms with Crippen LogP contribution < -0.4 is 5.32 Å². The van der Waals surface area contributed by atoms with E-state index in [0.29, 0.717) is 0 Å². The standard InChI is InChI=1S/C13H13N5/c1-14-8-11-9-16-17-18(11)12-6-2-4-10-5-3-7-15-13(10)12/h2-7,9,14H,8H2,1H3. The highest BCUT2D eigenvalue weighted by molar-refractivity contribution is 5.86. The molecule has 0 fully saturated rings.